The van der Waals surface area contributed by atoms with Gasteiger partial charge in [0.1, 0.15) is 11.3 Å². The van der Waals surface area contributed by atoms with Crippen LogP contribution in [-0.4, -0.2) is 40.4 Å². The first-order valence-corrected chi connectivity index (χ1v) is 7.35. The number of oxazole rings is 1. The molecule has 1 atom stereocenters. The zero-order valence-electron chi connectivity index (χ0n) is 12.2. The molecule has 1 aromatic carbocycles. The standard InChI is InChI=1S/C15H16F4N2O2/c16-10-1-2-12-11(7-10)20-13(23-12)8-21-5-3-9(4-6-21)14(22)15(17,18)19/h1-2,7,9,14,22H,3-6,8H2. The molecule has 4 nitrogen and oxygen atoms in total. The number of piperidine rings is 1. The van der Waals surface area contributed by atoms with E-state index in [2.05, 4.69) is 4.98 Å². The molecule has 3 rings (SSSR count). The molecule has 1 aromatic heterocycles. The molecule has 0 aliphatic carbocycles. The fraction of sp³-hybridized carbons (Fsp3) is 0.533. The second kappa shape index (κ2) is 6.09. The molecule has 1 N–H and O–H groups in total. The number of nitrogens with zero attached hydrogens (tertiary/aromatic N) is 2. The Kier molecular flexibility index (Phi) is 4.29. The van der Waals surface area contributed by atoms with Crippen molar-refractivity contribution in [2.45, 2.75) is 31.7 Å². The van der Waals surface area contributed by atoms with Crippen molar-refractivity contribution in [1.82, 2.24) is 9.88 Å². The second-order valence-corrected chi connectivity index (χ2v) is 5.82. The number of halogens is 4. The van der Waals surface area contributed by atoms with Gasteiger partial charge in [-0.2, -0.15) is 13.2 Å². The van der Waals surface area contributed by atoms with Crippen LogP contribution in [0.3, 0.4) is 0 Å². The van der Waals surface area contributed by atoms with Crippen LogP contribution in [-0.2, 0) is 6.54 Å². The average molecular weight is 332 g/mol. The van der Waals surface area contributed by atoms with Crippen LogP contribution < -0.4 is 0 Å². The third-order valence-electron chi connectivity index (χ3n) is 4.17. The fourth-order valence-electron chi connectivity index (χ4n) is 2.90. The maximum atomic E-state index is 13.1. The first kappa shape index (κ1) is 16.2. The van der Waals surface area contributed by atoms with Gasteiger partial charge in [0.2, 0.25) is 5.89 Å². The Hall–Kier alpha value is -1.67. The number of aliphatic hydroxyl groups excluding tert-OH is 1. The number of aliphatic hydroxyl groups is 1. The van der Waals surface area contributed by atoms with E-state index in [0.29, 0.717) is 36.6 Å². The van der Waals surface area contributed by atoms with Crippen LogP contribution in [0.25, 0.3) is 11.1 Å². The van der Waals surface area contributed by atoms with Crippen molar-refractivity contribution in [2.75, 3.05) is 13.1 Å². The molecule has 1 fully saturated rings. The Morgan fingerprint density at radius 1 is 1.30 bits per heavy atom. The topological polar surface area (TPSA) is 49.5 Å². The van der Waals surface area contributed by atoms with Crippen LogP contribution in [0.4, 0.5) is 17.6 Å². The molecule has 23 heavy (non-hydrogen) atoms. The summed E-state index contributed by atoms with van der Waals surface area (Å²) >= 11 is 0. The quantitative estimate of drug-likeness (QED) is 0.878. The van der Waals surface area contributed by atoms with Gasteiger partial charge in [0.25, 0.3) is 0 Å². The van der Waals surface area contributed by atoms with Gasteiger partial charge in [-0.15, -0.1) is 0 Å². The summed E-state index contributed by atoms with van der Waals surface area (Å²) in [7, 11) is 0. The lowest BCUT2D eigenvalue weighted by Crippen LogP contribution is -2.43. The van der Waals surface area contributed by atoms with Gasteiger partial charge in [-0.05, 0) is 44.0 Å². The molecule has 0 saturated carbocycles. The molecule has 1 aliphatic rings. The van der Waals surface area contributed by atoms with E-state index in [9.17, 15) is 22.7 Å². The lowest BCUT2D eigenvalue weighted by Gasteiger charge is -2.34. The zero-order valence-corrected chi connectivity index (χ0v) is 12.2. The van der Waals surface area contributed by atoms with Gasteiger partial charge in [0, 0.05) is 6.07 Å². The molecule has 1 aliphatic heterocycles. The predicted octanol–water partition coefficient (Wildman–Crippen LogP) is 3.10. The Morgan fingerprint density at radius 3 is 2.65 bits per heavy atom. The van der Waals surface area contributed by atoms with Crippen molar-refractivity contribution in [1.29, 1.82) is 0 Å². The summed E-state index contributed by atoms with van der Waals surface area (Å²) in [5, 5.41) is 9.30. The van der Waals surface area contributed by atoms with Crippen molar-refractivity contribution in [2.24, 2.45) is 5.92 Å². The highest BCUT2D eigenvalue weighted by atomic mass is 19.4. The van der Waals surface area contributed by atoms with Crippen LogP contribution in [0.2, 0.25) is 0 Å². The third-order valence-corrected chi connectivity index (χ3v) is 4.17. The Morgan fingerprint density at radius 2 is 2.00 bits per heavy atom. The molecule has 1 saturated heterocycles. The minimum Gasteiger partial charge on any atom is -0.439 e. The van der Waals surface area contributed by atoms with Crippen LogP contribution >= 0.6 is 0 Å². The highest BCUT2D eigenvalue weighted by Gasteiger charge is 2.44. The number of hydrogen-bond donors (Lipinski definition) is 1. The number of benzene rings is 1. The molecule has 2 heterocycles. The van der Waals surface area contributed by atoms with Crippen LogP contribution in [0.15, 0.2) is 22.6 Å². The molecular formula is C15H16F4N2O2. The maximum absolute atomic E-state index is 13.1. The number of hydrogen-bond acceptors (Lipinski definition) is 4. The molecule has 2 aromatic rings. The Balaban J connectivity index is 1.59. The van der Waals surface area contributed by atoms with Crippen molar-refractivity contribution in [3.63, 3.8) is 0 Å². The van der Waals surface area contributed by atoms with Gasteiger partial charge in [-0.3, -0.25) is 4.90 Å². The summed E-state index contributed by atoms with van der Waals surface area (Å²) in [4.78, 5) is 6.10. The third kappa shape index (κ3) is 3.64. The summed E-state index contributed by atoms with van der Waals surface area (Å²) in [5.41, 5.74) is 0.895. The summed E-state index contributed by atoms with van der Waals surface area (Å²) in [6.07, 6.45) is -6.32. The number of fused-ring (bicyclic) bond motifs is 1. The second-order valence-electron chi connectivity index (χ2n) is 5.82. The first-order valence-electron chi connectivity index (χ1n) is 7.35. The smallest absolute Gasteiger partial charge is 0.414 e. The monoisotopic (exact) mass is 332 g/mol. The largest absolute Gasteiger partial charge is 0.439 e. The number of aromatic nitrogens is 1. The molecule has 8 heteroatoms. The SMILES string of the molecule is OC(C1CCN(Cc2nc3cc(F)ccc3o2)CC1)C(F)(F)F. The lowest BCUT2D eigenvalue weighted by atomic mass is 9.91. The number of alkyl halides is 3. The summed E-state index contributed by atoms with van der Waals surface area (Å²) in [6, 6.07) is 4.04. The predicted molar refractivity (Wildman–Crippen MR) is 74.0 cm³/mol. The van der Waals surface area contributed by atoms with Gasteiger partial charge in [-0.25, -0.2) is 9.37 Å². The fourth-order valence-corrected chi connectivity index (χ4v) is 2.90. The van der Waals surface area contributed by atoms with Gasteiger partial charge in [0.15, 0.2) is 11.7 Å². The highest BCUT2D eigenvalue weighted by Crippen LogP contribution is 2.32. The highest BCUT2D eigenvalue weighted by molar-refractivity contribution is 5.72. The normalized spacial score (nSPS) is 19.3. The van der Waals surface area contributed by atoms with Crippen molar-refractivity contribution < 1.29 is 27.1 Å². The molecule has 0 bridgehead atoms. The van der Waals surface area contributed by atoms with Crippen molar-refractivity contribution in [3.05, 3.63) is 29.9 Å². The Bertz CT molecular complexity index is 678. The van der Waals surface area contributed by atoms with E-state index in [-0.39, 0.29) is 12.8 Å². The maximum Gasteiger partial charge on any atom is 0.414 e. The van der Waals surface area contributed by atoms with E-state index in [1.807, 2.05) is 4.90 Å². The molecule has 126 valence electrons. The molecule has 1 unspecified atom stereocenters. The van der Waals surface area contributed by atoms with Crippen LogP contribution in [0.5, 0.6) is 0 Å². The number of likely N-dealkylation sites (tertiary alicyclic amines) is 1. The zero-order chi connectivity index (χ0) is 16.6. The van der Waals surface area contributed by atoms with E-state index in [0.717, 1.165) is 0 Å². The molecule has 0 radical (unpaired) electrons. The van der Waals surface area contributed by atoms with Gasteiger partial charge in [-0.1, -0.05) is 0 Å². The molecule has 0 amide bonds. The Labute approximate surface area is 129 Å². The minimum atomic E-state index is -4.57. The summed E-state index contributed by atoms with van der Waals surface area (Å²) < 4.78 is 56.1. The van der Waals surface area contributed by atoms with E-state index in [1.165, 1.54) is 18.2 Å². The summed E-state index contributed by atoms with van der Waals surface area (Å²) in [6.45, 7) is 1.20. The van der Waals surface area contributed by atoms with Crippen LogP contribution in [0.1, 0.15) is 18.7 Å². The molecule has 0 spiro atoms. The van der Waals surface area contributed by atoms with E-state index in [4.69, 9.17) is 4.42 Å². The van der Waals surface area contributed by atoms with E-state index < -0.39 is 24.0 Å². The van der Waals surface area contributed by atoms with E-state index >= 15 is 0 Å². The summed E-state index contributed by atoms with van der Waals surface area (Å²) in [5.74, 6) is -0.774. The van der Waals surface area contributed by atoms with Gasteiger partial charge < -0.3 is 9.52 Å². The minimum absolute atomic E-state index is 0.259. The lowest BCUT2D eigenvalue weighted by molar-refractivity contribution is -0.223. The van der Waals surface area contributed by atoms with Crippen molar-refractivity contribution in [3.8, 4) is 0 Å². The number of rotatable bonds is 3. The van der Waals surface area contributed by atoms with Crippen molar-refractivity contribution >= 4 is 11.1 Å². The van der Waals surface area contributed by atoms with Gasteiger partial charge in [0.05, 0.1) is 6.54 Å². The van der Waals surface area contributed by atoms with E-state index in [1.54, 1.807) is 0 Å². The van der Waals surface area contributed by atoms with Gasteiger partial charge >= 0.3 is 6.18 Å². The molecular weight excluding hydrogens is 316 g/mol. The first-order chi connectivity index (χ1) is 10.8. The van der Waals surface area contributed by atoms with Crippen LogP contribution in [0, 0.1) is 11.7 Å². The average Bonchev–Trinajstić information content (AvgIpc) is 2.87.